The molecular weight excluding hydrogens is 234 g/mol. The number of benzene rings is 1. The van der Waals surface area contributed by atoms with Crippen molar-refractivity contribution in [1.29, 1.82) is 0 Å². The number of rotatable bonds is 7. The molecule has 0 aliphatic rings. The van der Waals surface area contributed by atoms with Gasteiger partial charge < -0.3 is 15.2 Å². The predicted molar refractivity (Wildman–Crippen MR) is 66.6 cm³/mol. The van der Waals surface area contributed by atoms with Crippen molar-refractivity contribution >= 4 is 11.9 Å². The van der Waals surface area contributed by atoms with E-state index < -0.39 is 5.97 Å². The van der Waals surface area contributed by atoms with Crippen molar-refractivity contribution < 1.29 is 19.4 Å². The number of carbonyl (C=O) groups excluding carboxylic acids is 1. The molecule has 0 aliphatic carbocycles. The Morgan fingerprint density at radius 1 is 1.28 bits per heavy atom. The highest BCUT2D eigenvalue weighted by molar-refractivity contribution is 5.87. The average molecular weight is 251 g/mol. The summed E-state index contributed by atoms with van der Waals surface area (Å²) in [6, 6.07) is 6.61. The normalized spacial score (nSPS) is 10.1. The number of carboxylic acids is 1. The van der Waals surface area contributed by atoms with E-state index in [1.807, 2.05) is 6.92 Å². The number of hydrogen-bond acceptors (Lipinski definition) is 3. The van der Waals surface area contributed by atoms with Crippen LogP contribution in [-0.2, 0) is 16.0 Å². The van der Waals surface area contributed by atoms with E-state index in [9.17, 15) is 9.59 Å². The van der Waals surface area contributed by atoms with Crippen LogP contribution in [0.4, 0.5) is 0 Å². The molecule has 0 aromatic heterocycles. The van der Waals surface area contributed by atoms with E-state index in [-0.39, 0.29) is 18.1 Å². The summed E-state index contributed by atoms with van der Waals surface area (Å²) in [4.78, 5) is 21.9. The van der Waals surface area contributed by atoms with Gasteiger partial charge in [0.25, 0.3) is 0 Å². The van der Waals surface area contributed by atoms with Crippen LogP contribution in [0.2, 0.25) is 0 Å². The van der Waals surface area contributed by atoms with Crippen molar-refractivity contribution in [3.63, 3.8) is 0 Å². The van der Waals surface area contributed by atoms with E-state index in [4.69, 9.17) is 9.84 Å². The van der Waals surface area contributed by atoms with Gasteiger partial charge in [-0.3, -0.25) is 4.79 Å². The molecule has 5 heteroatoms. The van der Waals surface area contributed by atoms with Crippen molar-refractivity contribution in [3.8, 4) is 0 Å². The van der Waals surface area contributed by atoms with E-state index in [2.05, 4.69) is 5.32 Å². The minimum atomic E-state index is -0.938. The van der Waals surface area contributed by atoms with Gasteiger partial charge in [0, 0.05) is 13.2 Å². The number of ether oxygens (including phenoxy) is 1. The molecule has 1 aromatic rings. The molecule has 98 valence electrons. The van der Waals surface area contributed by atoms with Crippen LogP contribution in [0.3, 0.4) is 0 Å². The average Bonchev–Trinajstić information content (AvgIpc) is 2.37. The Bertz CT molecular complexity index is 400. The van der Waals surface area contributed by atoms with Crippen LogP contribution in [0, 0.1) is 0 Å². The van der Waals surface area contributed by atoms with E-state index >= 15 is 0 Å². The van der Waals surface area contributed by atoms with Gasteiger partial charge in [0.2, 0.25) is 5.91 Å². The molecule has 0 radical (unpaired) electrons. The molecule has 0 atom stereocenters. The minimum absolute atomic E-state index is 0.0778. The molecule has 1 aromatic carbocycles. The molecule has 0 heterocycles. The molecule has 2 N–H and O–H groups in total. The monoisotopic (exact) mass is 251 g/mol. The number of carbonyl (C=O) groups is 2. The first-order chi connectivity index (χ1) is 8.63. The number of carboxylic acid groups (broad SMARTS) is 1. The third kappa shape index (κ3) is 4.97. The minimum Gasteiger partial charge on any atom is -0.478 e. The van der Waals surface area contributed by atoms with Crippen molar-refractivity contribution in [2.45, 2.75) is 13.3 Å². The molecule has 18 heavy (non-hydrogen) atoms. The summed E-state index contributed by atoms with van der Waals surface area (Å²) >= 11 is 0. The summed E-state index contributed by atoms with van der Waals surface area (Å²) in [5, 5.41) is 11.5. The lowest BCUT2D eigenvalue weighted by atomic mass is 10.1. The summed E-state index contributed by atoms with van der Waals surface area (Å²) in [6.07, 6.45) is 0.664. The fourth-order valence-electron chi connectivity index (χ4n) is 1.41. The highest BCUT2D eigenvalue weighted by Crippen LogP contribution is 2.04. The quantitative estimate of drug-likeness (QED) is 0.760. The molecule has 0 saturated heterocycles. The topological polar surface area (TPSA) is 75.6 Å². The largest absolute Gasteiger partial charge is 0.478 e. The number of aromatic carboxylic acids is 1. The van der Waals surface area contributed by atoms with Crippen molar-refractivity contribution in [1.82, 2.24) is 5.32 Å². The maximum atomic E-state index is 11.2. The van der Waals surface area contributed by atoms with Gasteiger partial charge in [-0.25, -0.2) is 4.79 Å². The molecule has 0 unspecified atom stereocenters. The molecule has 0 aliphatic heterocycles. The van der Waals surface area contributed by atoms with Crippen LogP contribution in [0.5, 0.6) is 0 Å². The molecule has 1 amide bonds. The van der Waals surface area contributed by atoms with Crippen LogP contribution < -0.4 is 5.32 Å². The van der Waals surface area contributed by atoms with Crippen molar-refractivity contribution in [2.24, 2.45) is 0 Å². The van der Waals surface area contributed by atoms with Crippen molar-refractivity contribution in [3.05, 3.63) is 35.4 Å². The first kappa shape index (κ1) is 14.2. The maximum Gasteiger partial charge on any atom is 0.335 e. The van der Waals surface area contributed by atoms with Crippen LogP contribution in [0.1, 0.15) is 22.8 Å². The number of hydrogen-bond donors (Lipinski definition) is 2. The van der Waals surface area contributed by atoms with Gasteiger partial charge in [-0.1, -0.05) is 12.1 Å². The van der Waals surface area contributed by atoms with Gasteiger partial charge in [0.1, 0.15) is 6.61 Å². The molecule has 0 bridgehead atoms. The van der Waals surface area contributed by atoms with Gasteiger partial charge in [-0.2, -0.15) is 0 Å². The fourth-order valence-corrected chi connectivity index (χ4v) is 1.41. The first-order valence-electron chi connectivity index (χ1n) is 5.80. The zero-order chi connectivity index (χ0) is 13.4. The molecule has 0 spiro atoms. The Kier molecular flexibility index (Phi) is 5.87. The van der Waals surface area contributed by atoms with Gasteiger partial charge >= 0.3 is 5.97 Å². The standard InChI is InChI=1S/C13H17NO4/c1-2-18-9-12(15)14-8-7-10-3-5-11(6-4-10)13(16)17/h3-6H,2,7-9H2,1H3,(H,14,15)(H,16,17). The molecular formula is C13H17NO4. The van der Waals surface area contributed by atoms with Crippen LogP contribution in [0.15, 0.2) is 24.3 Å². The zero-order valence-corrected chi connectivity index (χ0v) is 10.3. The zero-order valence-electron chi connectivity index (χ0n) is 10.3. The lowest BCUT2D eigenvalue weighted by molar-refractivity contribution is -0.125. The lowest BCUT2D eigenvalue weighted by Crippen LogP contribution is -2.29. The van der Waals surface area contributed by atoms with Crippen LogP contribution >= 0.6 is 0 Å². The second-order valence-corrected chi connectivity index (χ2v) is 3.74. The first-order valence-corrected chi connectivity index (χ1v) is 5.80. The second kappa shape index (κ2) is 7.45. The predicted octanol–water partition coefficient (Wildman–Crippen LogP) is 1.08. The SMILES string of the molecule is CCOCC(=O)NCCc1ccc(C(=O)O)cc1. The summed E-state index contributed by atoms with van der Waals surface area (Å²) in [7, 11) is 0. The van der Waals surface area contributed by atoms with Gasteiger partial charge in [0.15, 0.2) is 0 Å². The van der Waals surface area contributed by atoms with Gasteiger partial charge in [0.05, 0.1) is 5.56 Å². The third-order valence-electron chi connectivity index (χ3n) is 2.37. The summed E-state index contributed by atoms with van der Waals surface area (Å²) in [6.45, 7) is 2.94. The number of nitrogens with one attached hydrogen (secondary N) is 1. The van der Waals surface area contributed by atoms with E-state index in [1.54, 1.807) is 24.3 Å². The Morgan fingerprint density at radius 2 is 1.94 bits per heavy atom. The number of amides is 1. The van der Waals surface area contributed by atoms with E-state index in [0.717, 1.165) is 5.56 Å². The lowest BCUT2D eigenvalue weighted by Gasteiger charge is -2.05. The molecule has 0 fully saturated rings. The van der Waals surface area contributed by atoms with Crippen LogP contribution in [-0.4, -0.2) is 36.7 Å². The smallest absolute Gasteiger partial charge is 0.335 e. The highest BCUT2D eigenvalue weighted by Gasteiger charge is 2.03. The molecule has 0 saturated carbocycles. The third-order valence-corrected chi connectivity index (χ3v) is 2.37. The Morgan fingerprint density at radius 3 is 2.50 bits per heavy atom. The summed E-state index contributed by atoms with van der Waals surface area (Å²) < 4.78 is 4.96. The molecule has 1 rings (SSSR count). The Hall–Kier alpha value is -1.88. The van der Waals surface area contributed by atoms with E-state index in [0.29, 0.717) is 19.6 Å². The second-order valence-electron chi connectivity index (χ2n) is 3.74. The van der Waals surface area contributed by atoms with E-state index in [1.165, 1.54) is 0 Å². The molecule has 5 nitrogen and oxygen atoms in total. The van der Waals surface area contributed by atoms with Gasteiger partial charge in [-0.15, -0.1) is 0 Å². The maximum absolute atomic E-state index is 11.2. The summed E-state index contributed by atoms with van der Waals surface area (Å²) in [5.74, 6) is -1.08. The Balaban J connectivity index is 2.31. The Labute approximate surface area is 106 Å². The van der Waals surface area contributed by atoms with Crippen molar-refractivity contribution in [2.75, 3.05) is 19.8 Å². The van der Waals surface area contributed by atoms with Crippen LogP contribution in [0.25, 0.3) is 0 Å². The fraction of sp³-hybridized carbons (Fsp3) is 0.385. The summed E-state index contributed by atoms with van der Waals surface area (Å²) in [5.41, 5.74) is 1.25. The van der Waals surface area contributed by atoms with Gasteiger partial charge in [-0.05, 0) is 31.0 Å². The highest BCUT2D eigenvalue weighted by atomic mass is 16.5.